The monoisotopic (exact) mass is 269 g/mol. The number of methoxy groups -OCH3 is 1. The summed E-state index contributed by atoms with van der Waals surface area (Å²) < 4.78 is 5.41. The van der Waals surface area contributed by atoms with E-state index in [9.17, 15) is 5.11 Å². The zero-order chi connectivity index (χ0) is 13.1. The molecule has 1 aliphatic heterocycles. The minimum absolute atomic E-state index is 0.255. The van der Waals surface area contributed by atoms with E-state index in [0.29, 0.717) is 5.92 Å². The fraction of sp³-hybridized carbons (Fsp3) is 0.571. The van der Waals surface area contributed by atoms with Crippen LogP contribution in [0, 0.1) is 12.8 Å². The predicted octanol–water partition coefficient (Wildman–Crippen LogP) is 2.87. The molecule has 1 saturated heterocycles. The number of anilines is 1. The number of aryl methyl sites for hydroxylation is 1. The van der Waals surface area contributed by atoms with Gasteiger partial charge in [-0.3, -0.25) is 0 Å². The Bertz CT molecular complexity index is 423. The average molecular weight is 270 g/mol. The first kappa shape index (κ1) is 13.5. The molecule has 1 aromatic rings. The van der Waals surface area contributed by atoms with Gasteiger partial charge in [-0.15, -0.1) is 0 Å². The van der Waals surface area contributed by atoms with E-state index in [4.69, 9.17) is 16.3 Å². The van der Waals surface area contributed by atoms with Crippen LogP contribution in [0.15, 0.2) is 12.1 Å². The smallest absolute Gasteiger partial charge is 0.143 e. The van der Waals surface area contributed by atoms with Crippen LogP contribution in [0.1, 0.15) is 18.4 Å². The van der Waals surface area contributed by atoms with Crippen molar-refractivity contribution < 1.29 is 9.84 Å². The average Bonchev–Trinajstić information content (AvgIpc) is 2.41. The number of benzene rings is 1. The molecule has 1 aromatic carbocycles. The van der Waals surface area contributed by atoms with Gasteiger partial charge in [-0.1, -0.05) is 11.6 Å². The molecule has 1 aliphatic rings. The van der Waals surface area contributed by atoms with E-state index in [0.717, 1.165) is 48.0 Å². The molecular formula is C14H20ClNO2. The second-order valence-corrected chi connectivity index (χ2v) is 5.32. The highest BCUT2D eigenvalue weighted by Gasteiger charge is 2.22. The molecular weight excluding hydrogens is 250 g/mol. The number of aliphatic hydroxyl groups is 1. The molecule has 0 saturated carbocycles. The fourth-order valence-electron chi connectivity index (χ4n) is 2.49. The SMILES string of the molecule is COc1cc(Cl)c(C)cc1N1CCCC(CO)C1. The molecule has 1 heterocycles. The Kier molecular flexibility index (Phi) is 4.36. The molecule has 0 aliphatic carbocycles. The van der Waals surface area contributed by atoms with Crippen LogP contribution in [-0.2, 0) is 0 Å². The number of rotatable bonds is 3. The molecule has 0 bridgehead atoms. The van der Waals surface area contributed by atoms with Crippen LogP contribution in [0.2, 0.25) is 5.02 Å². The number of ether oxygens (including phenoxy) is 1. The van der Waals surface area contributed by atoms with Gasteiger partial charge in [0.05, 0.1) is 12.8 Å². The van der Waals surface area contributed by atoms with Crippen LogP contribution < -0.4 is 9.64 Å². The van der Waals surface area contributed by atoms with Gasteiger partial charge in [0.25, 0.3) is 0 Å². The van der Waals surface area contributed by atoms with Gasteiger partial charge in [-0.25, -0.2) is 0 Å². The van der Waals surface area contributed by atoms with Crippen LogP contribution in [0.4, 0.5) is 5.69 Å². The lowest BCUT2D eigenvalue weighted by Crippen LogP contribution is -2.37. The first-order chi connectivity index (χ1) is 8.65. The van der Waals surface area contributed by atoms with Crippen molar-refractivity contribution in [1.29, 1.82) is 0 Å². The third kappa shape index (κ3) is 2.73. The normalized spacial score (nSPS) is 20.0. The van der Waals surface area contributed by atoms with Crippen LogP contribution in [-0.4, -0.2) is 31.9 Å². The standard InChI is InChI=1S/C14H20ClNO2/c1-10-6-13(14(18-2)7-12(10)15)16-5-3-4-11(8-16)9-17/h6-7,11,17H,3-5,8-9H2,1-2H3. The van der Waals surface area contributed by atoms with Gasteiger partial charge in [0.15, 0.2) is 0 Å². The van der Waals surface area contributed by atoms with E-state index in [1.54, 1.807) is 7.11 Å². The Balaban J connectivity index is 2.28. The number of halogens is 1. The minimum atomic E-state index is 0.255. The molecule has 0 amide bonds. The quantitative estimate of drug-likeness (QED) is 0.916. The largest absolute Gasteiger partial charge is 0.495 e. The molecule has 4 heteroatoms. The second-order valence-electron chi connectivity index (χ2n) is 4.91. The summed E-state index contributed by atoms with van der Waals surface area (Å²) >= 11 is 6.12. The van der Waals surface area contributed by atoms with Crippen molar-refractivity contribution >= 4 is 17.3 Å². The lowest BCUT2D eigenvalue weighted by Gasteiger charge is -2.34. The summed E-state index contributed by atoms with van der Waals surface area (Å²) in [6, 6.07) is 3.94. The van der Waals surface area contributed by atoms with Crippen molar-refractivity contribution in [1.82, 2.24) is 0 Å². The molecule has 3 nitrogen and oxygen atoms in total. The number of nitrogens with zero attached hydrogens (tertiary/aromatic N) is 1. The van der Waals surface area contributed by atoms with Gasteiger partial charge in [-0.2, -0.15) is 0 Å². The molecule has 0 aromatic heterocycles. The summed E-state index contributed by atoms with van der Waals surface area (Å²) in [4.78, 5) is 2.28. The van der Waals surface area contributed by atoms with Gasteiger partial charge in [0.1, 0.15) is 5.75 Å². The Morgan fingerprint density at radius 2 is 2.28 bits per heavy atom. The number of hydrogen-bond donors (Lipinski definition) is 1. The molecule has 1 fully saturated rings. The van der Waals surface area contributed by atoms with E-state index in [-0.39, 0.29) is 6.61 Å². The molecule has 100 valence electrons. The van der Waals surface area contributed by atoms with Crippen LogP contribution >= 0.6 is 11.6 Å². The van der Waals surface area contributed by atoms with E-state index in [1.807, 2.05) is 13.0 Å². The minimum Gasteiger partial charge on any atom is -0.495 e. The Morgan fingerprint density at radius 1 is 1.50 bits per heavy atom. The molecule has 1 N–H and O–H groups in total. The predicted molar refractivity (Wildman–Crippen MR) is 74.8 cm³/mol. The van der Waals surface area contributed by atoms with Crippen LogP contribution in [0.25, 0.3) is 0 Å². The van der Waals surface area contributed by atoms with Gasteiger partial charge in [0.2, 0.25) is 0 Å². The van der Waals surface area contributed by atoms with E-state index in [1.165, 1.54) is 0 Å². The molecule has 2 rings (SSSR count). The van der Waals surface area contributed by atoms with E-state index < -0.39 is 0 Å². The highest BCUT2D eigenvalue weighted by molar-refractivity contribution is 6.31. The van der Waals surface area contributed by atoms with Crippen molar-refractivity contribution in [2.75, 3.05) is 31.7 Å². The van der Waals surface area contributed by atoms with Crippen molar-refractivity contribution in [3.63, 3.8) is 0 Å². The van der Waals surface area contributed by atoms with Crippen molar-refractivity contribution in [3.05, 3.63) is 22.7 Å². The Hall–Kier alpha value is -0.930. The zero-order valence-electron chi connectivity index (χ0n) is 10.9. The van der Waals surface area contributed by atoms with E-state index in [2.05, 4.69) is 11.0 Å². The summed E-state index contributed by atoms with van der Waals surface area (Å²) in [5.41, 5.74) is 2.14. The molecule has 0 spiro atoms. The lowest BCUT2D eigenvalue weighted by molar-refractivity contribution is 0.208. The van der Waals surface area contributed by atoms with Gasteiger partial charge in [0, 0.05) is 30.8 Å². The number of hydrogen-bond acceptors (Lipinski definition) is 3. The number of piperidine rings is 1. The maximum absolute atomic E-state index is 9.30. The van der Waals surface area contributed by atoms with Crippen molar-refractivity contribution in [3.8, 4) is 5.75 Å². The molecule has 0 radical (unpaired) electrons. The maximum Gasteiger partial charge on any atom is 0.143 e. The summed E-state index contributed by atoms with van der Waals surface area (Å²) in [6.45, 7) is 4.14. The lowest BCUT2D eigenvalue weighted by atomic mass is 9.98. The second kappa shape index (κ2) is 5.81. The maximum atomic E-state index is 9.30. The summed E-state index contributed by atoms with van der Waals surface area (Å²) in [7, 11) is 1.66. The van der Waals surface area contributed by atoms with E-state index >= 15 is 0 Å². The summed E-state index contributed by atoms with van der Waals surface area (Å²) in [5.74, 6) is 1.17. The van der Waals surface area contributed by atoms with Crippen LogP contribution in [0.3, 0.4) is 0 Å². The topological polar surface area (TPSA) is 32.7 Å². The summed E-state index contributed by atoms with van der Waals surface area (Å²) in [5, 5.41) is 10.0. The third-order valence-corrected chi connectivity index (χ3v) is 3.99. The van der Waals surface area contributed by atoms with Gasteiger partial charge >= 0.3 is 0 Å². The Labute approximate surface area is 113 Å². The van der Waals surface area contributed by atoms with Gasteiger partial charge < -0.3 is 14.7 Å². The number of aliphatic hydroxyl groups excluding tert-OH is 1. The Morgan fingerprint density at radius 3 is 2.94 bits per heavy atom. The zero-order valence-corrected chi connectivity index (χ0v) is 11.7. The molecule has 1 atom stereocenters. The highest BCUT2D eigenvalue weighted by atomic mass is 35.5. The molecule has 1 unspecified atom stereocenters. The first-order valence-corrected chi connectivity index (χ1v) is 6.73. The highest BCUT2D eigenvalue weighted by Crippen LogP contribution is 2.35. The van der Waals surface area contributed by atoms with Gasteiger partial charge in [-0.05, 0) is 37.3 Å². The summed E-state index contributed by atoms with van der Waals surface area (Å²) in [6.07, 6.45) is 2.21. The van der Waals surface area contributed by atoms with Crippen LogP contribution in [0.5, 0.6) is 5.75 Å². The fourth-order valence-corrected chi connectivity index (χ4v) is 2.65. The van der Waals surface area contributed by atoms with Crippen molar-refractivity contribution in [2.45, 2.75) is 19.8 Å². The molecule has 18 heavy (non-hydrogen) atoms. The first-order valence-electron chi connectivity index (χ1n) is 6.35. The van der Waals surface area contributed by atoms with Crippen molar-refractivity contribution in [2.24, 2.45) is 5.92 Å². The third-order valence-electron chi connectivity index (χ3n) is 3.58.